The Balaban J connectivity index is 2.11. The number of carbonyl (C=O) groups is 1. The number of aromatic nitrogens is 1. The normalized spacial score (nSPS) is 15.6. The summed E-state index contributed by atoms with van der Waals surface area (Å²) in [5.74, 6) is -0.505. The number of para-hydroxylation sites is 1. The number of aryl methyl sites for hydroxylation is 2. The van der Waals surface area contributed by atoms with Gasteiger partial charge in [0.15, 0.2) is 0 Å². The van der Waals surface area contributed by atoms with Gasteiger partial charge in [-0.15, -0.1) is 0 Å². The molecular formula is C20H20N2O4S. The molecule has 3 aromatic rings. The Labute approximate surface area is 158 Å². The number of nitrogens with zero attached hydrogens (tertiary/aromatic N) is 2. The van der Waals surface area contributed by atoms with Crippen molar-refractivity contribution in [2.75, 3.05) is 17.2 Å². The van der Waals surface area contributed by atoms with Gasteiger partial charge < -0.3 is 9.30 Å². The summed E-state index contributed by atoms with van der Waals surface area (Å²) in [6.45, 7) is 2.41. The van der Waals surface area contributed by atoms with Crippen LogP contribution in [0.2, 0.25) is 0 Å². The van der Waals surface area contributed by atoms with E-state index in [1.54, 1.807) is 36.4 Å². The molecule has 0 unspecified atom stereocenters. The Morgan fingerprint density at radius 3 is 2.59 bits per heavy atom. The Morgan fingerprint density at radius 2 is 1.93 bits per heavy atom. The smallest absolute Gasteiger partial charge is 0.337 e. The molecule has 0 atom stereocenters. The van der Waals surface area contributed by atoms with Crippen molar-refractivity contribution in [1.82, 2.24) is 4.57 Å². The monoisotopic (exact) mass is 384 g/mol. The molecule has 0 saturated carbocycles. The third-order valence-corrected chi connectivity index (χ3v) is 6.58. The minimum absolute atomic E-state index is 0.0168. The van der Waals surface area contributed by atoms with Crippen LogP contribution >= 0.6 is 0 Å². The lowest BCUT2D eigenvalue weighted by Crippen LogP contribution is -2.28. The molecule has 0 amide bonds. The average molecular weight is 384 g/mol. The second-order valence-electron chi connectivity index (χ2n) is 6.50. The molecule has 0 N–H and O–H groups in total. The lowest BCUT2D eigenvalue weighted by molar-refractivity contribution is 0.0601. The number of hydrogen-bond acceptors (Lipinski definition) is 4. The van der Waals surface area contributed by atoms with Crippen LogP contribution in [0.5, 0.6) is 0 Å². The summed E-state index contributed by atoms with van der Waals surface area (Å²) in [7, 11) is -2.28. The van der Waals surface area contributed by atoms with Crippen LogP contribution in [-0.4, -0.2) is 31.8 Å². The highest BCUT2D eigenvalue weighted by molar-refractivity contribution is 7.93. The maximum absolute atomic E-state index is 13.1. The lowest BCUT2D eigenvalue weighted by Gasteiger charge is -2.24. The molecule has 1 aromatic heterocycles. The molecule has 0 saturated heterocycles. The zero-order valence-electron chi connectivity index (χ0n) is 15.2. The zero-order valence-corrected chi connectivity index (χ0v) is 16.0. The second-order valence-corrected chi connectivity index (χ2v) is 8.44. The highest BCUT2D eigenvalue weighted by Gasteiger charge is 2.32. The van der Waals surface area contributed by atoms with E-state index >= 15 is 0 Å². The first-order valence-electron chi connectivity index (χ1n) is 8.78. The molecule has 0 spiro atoms. The van der Waals surface area contributed by atoms with Crippen molar-refractivity contribution in [3.63, 3.8) is 0 Å². The fraction of sp³-hybridized carbons (Fsp3) is 0.250. The van der Waals surface area contributed by atoms with Gasteiger partial charge in [-0.25, -0.2) is 17.5 Å². The van der Waals surface area contributed by atoms with Crippen LogP contribution in [0, 0.1) is 0 Å². The van der Waals surface area contributed by atoms with Crippen molar-refractivity contribution in [3.05, 3.63) is 59.8 Å². The number of hydrogen-bond donors (Lipinski definition) is 0. The first kappa shape index (κ1) is 17.6. The summed E-state index contributed by atoms with van der Waals surface area (Å²) in [4.78, 5) is 12.2. The maximum atomic E-state index is 13.1. The number of ether oxygens (including phenoxy) is 1. The topological polar surface area (TPSA) is 68.6 Å². The lowest BCUT2D eigenvalue weighted by atomic mass is 10.1. The number of rotatable bonds is 3. The van der Waals surface area contributed by atoms with Crippen molar-refractivity contribution >= 4 is 38.3 Å². The van der Waals surface area contributed by atoms with Gasteiger partial charge in [-0.2, -0.15) is 0 Å². The van der Waals surface area contributed by atoms with Crippen molar-refractivity contribution in [2.24, 2.45) is 0 Å². The van der Waals surface area contributed by atoms with E-state index in [1.807, 2.05) is 23.8 Å². The Bertz CT molecular complexity index is 1130. The first-order valence-corrected chi connectivity index (χ1v) is 10.4. The first-order chi connectivity index (χ1) is 13.0. The quantitative estimate of drug-likeness (QED) is 0.649. The van der Waals surface area contributed by atoms with E-state index in [9.17, 15) is 13.2 Å². The van der Waals surface area contributed by atoms with Crippen molar-refractivity contribution in [2.45, 2.75) is 19.9 Å². The van der Waals surface area contributed by atoms with E-state index in [0.29, 0.717) is 23.5 Å². The Kier molecular flexibility index (Phi) is 4.19. The Hall–Kier alpha value is -2.80. The molecule has 0 fully saturated rings. The number of methoxy groups -OCH3 is 1. The Morgan fingerprint density at radius 1 is 1.19 bits per heavy atom. The standard InChI is InChI=1S/C20H20N2O4S/c1-3-14-13-21-9-10-27(24,25)22(16-7-5-4-6-8-16)18-12-15(20(23)26-2)11-17(14)19(18)21/h4-8,11-13H,3,9-10H2,1-2H3. The van der Waals surface area contributed by atoms with E-state index in [2.05, 4.69) is 0 Å². The number of carbonyl (C=O) groups excluding carboxylic acids is 1. The van der Waals surface area contributed by atoms with E-state index in [1.165, 1.54) is 11.4 Å². The largest absolute Gasteiger partial charge is 0.465 e. The maximum Gasteiger partial charge on any atom is 0.337 e. The van der Waals surface area contributed by atoms with Gasteiger partial charge >= 0.3 is 5.97 Å². The second kappa shape index (κ2) is 6.42. The van der Waals surface area contributed by atoms with Gasteiger partial charge in [0.2, 0.25) is 10.0 Å². The zero-order chi connectivity index (χ0) is 19.2. The van der Waals surface area contributed by atoms with Gasteiger partial charge in [0.1, 0.15) is 0 Å². The van der Waals surface area contributed by atoms with Crippen LogP contribution in [0.3, 0.4) is 0 Å². The number of benzene rings is 2. The highest BCUT2D eigenvalue weighted by atomic mass is 32.2. The summed E-state index contributed by atoms with van der Waals surface area (Å²) >= 11 is 0. The number of esters is 1. The summed E-state index contributed by atoms with van der Waals surface area (Å²) in [5.41, 5.74) is 3.27. The minimum atomic E-state index is -3.61. The van der Waals surface area contributed by atoms with Crippen molar-refractivity contribution < 1.29 is 17.9 Å². The van der Waals surface area contributed by atoms with Gasteiger partial charge in [-0.1, -0.05) is 25.1 Å². The van der Waals surface area contributed by atoms with Crippen molar-refractivity contribution in [3.8, 4) is 0 Å². The third kappa shape index (κ3) is 2.78. The molecule has 0 bridgehead atoms. The van der Waals surface area contributed by atoms with Gasteiger partial charge in [0, 0.05) is 18.1 Å². The van der Waals surface area contributed by atoms with Crippen LogP contribution in [-0.2, 0) is 27.7 Å². The molecule has 2 heterocycles. The predicted molar refractivity (Wildman–Crippen MR) is 105 cm³/mol. The summed E-state index contributed by atoms with van der Waals surface area (Å²) in [5, 5.41) is 0.883. The van der Waals surface area contributed by atoms with E-state index < -0.39 is 16.0 Å². The summed E-state index contributed by atoms with van der Waals surface area (Å²) in [6.07, 6.45) is 2.77. The molecular weight excluding hydrogens is 364 g/mol. The molecule has 4 rings (SSSR count). The molecule has 2 aromatic carbocycles. The molecule has 1 aliphatic rings. The molecule has 140 valence electrons. The van der Waals surface area contributed by atoms with E-state index in [-0.39, 0.29) is 5.75 Å². The van der Waals surface area contributed by atoms with E-state index in [4.69, 9.17) is 4.74 Å². The molecule has 6 nitrogen and oxygen atoms in total. The third-order valence-electron chi connectivity index (χ3n) is 4.91. The van der Waals surface area contributed by atoms with Crippen LogP contribution in [0.25, 0.3) is 10.9 Å². The average Bonchev–Trinajstić information content (AvgIpc) is 2.99. The molecule has 7 heteroatoms. The summed E-state index contributed by atoms with van der Waals surface area (Å²) < 4.78 is 34.4. The predicted octanol–water partition coefficient (Wildman–Crippen LogP) is 3.47. The van der Waals surface area contributed by atoms with Gasteiger partial charge in [-0.3, -0.25) is 0 Å². The van der Waals surface area contributed by atoms with Gasteiger partial charge in [0.05, 0.1) is 35.3 Å². The SMILES string of the molecule is CCc1cn2c3c(cc(C(=O)OC)cc13)N(c1ccccc1)S(=O)(=O)CC2. The van der Waals surface area contributed by atoms with Crippen LogP contribution in [0.1, 0.15) is 22.8 Å². The highest BCUT2D eigenvalue weighted by Crippen LogP contribution is 2.40. The summed E-state index contributed by atoms with van der Waals surface area (Å²) in [6, 6.07) is 12.4. The number of anilines is 2. The molecule has 27 heavy (non-hydrogen) atoms. The van der Waals surface area contributed by atoms with Crippen LogP contribution in [0.15, 0.2) is 48.7 Å². The fourth-order valence-electron chi connectivity index (χ4n) is 3.65. The van der Waals surface area contributed by atoms with E-state index in [0.717, 1.165) is 22.9 Å². The fourth-order valence-corrected chi connectivity index (χ4v) is 5.15. The van der Waals surface area contributed by atoms with Crippen molar-refractivity contribution in [1.29, 1.82) is 0 Å². The van der Waals surface area contributed by atoms with Crippen LogP contribution < -0.4 is 4.31 Å². The molecule has 1 aliphatic heterocycles. The molecule has 0 aliphatic carbocycles. The molecule has 0 radical (unpaired) electrons. The van der Waals surface area contributed by atoms with Gasteiger partial charge in [-0.05, 0) is 36.2 Å². The van der Waals surface area contributed by atoms with Crippen LogP contribution in [0.4, 0.5) is 11.4 Å². The minimum Gasteiger partial charge on any atom is -0.465 e. The number of sulfonamides is 1. The van der Waals surface area contributed by atoms with Gasteiger partial charge in [0.25, 0.3) is 0 Å².